The fourth-order valence-electron chi connectivity index (χ4n) is 2.76. The topological polar surface area (TPSA) is 57.2 Å². The van der Waals surface area contributed by atoms with E-state index < -0.39 is 0 Å². The predicted molar refractivity (Wildman–Crippen MR) is 106 cm³/mol. The van der Waals surface area contributed by atoms with Gasteiger partial charge >= 0.3 is 0 Å². The van der Waals surface area contributed by atoms with Crippen LogP contribution in [-0.2, 0) is 6.42 Å². The molecule has 3 aromatic rings. The van der Waals surface area contributed by atoms with E-state index >= 15 is 0 Å². The van der Waals surface area contributed by atoms with Gasteiger partial charge in [0.05, 0.1) is 5.71 Å². The molecule has 3 rings (SSSR count). The van der Waals surface area contributed by atoms with Gasteiger partial charge in [-0.15, -0.1) is 0 Å². The Bertz CT molecular complexity index is 955. The van der Waals surface area contributed by atoms with Crippen LogP contribution in [0.5, 0.6) is 0 Å². The number of benzene rings is 2. The molecule has 2 N–H and O–H groups in total. The van der Waals surface area contributed by atoms with Crippen molar-refractivity contribution >= 4 is 38.5 Å². The molecule has 0 radical (unpaired) electrons. The maximum atomic E-state index is 12.5. The van der Waals surface area contributed by atoms with Crippen molar-refractivity contribution < 1.29 is 4.79 Å². The van der Waals surface area contributed by atoms with E-state index in [1.54, 1.807) is 0 Å². The number of H-pyrrole nitrogens is 1. The van der Waals surface area contributed by atoms with Gasteiger partial charge in [0.1, 0.15) is 5.69 Å². The fraction of sp³-hybridized carbons (Fsp3) is 0.200. The highest BCUT2D eigenvalue weighted by atomic mass is 79.9. The number of hydrogen-bond donors (Lipinski definition) is 2. The highest BCUT2D eigenvalue weighted by Crippen LogP contribution is 2.25. The van der Waals surface area contributed by atoms with Gasteiger partial charge in [-0.25, -0.2) is 5.43 Å². The van der Waals surface area contributed by atoms with E-state index in [4.69, 9.17) is 0 Å². The molecule has 0 aliphatic rings. The summed E-state index contributed by atoms with van der Waals surface area (Å²) in [6.07, 6.45) is 1.00. The van der Waals surface area contributed by atoms with Gasteiger partial charge < -0.3 is 4.98 Å². The molecule has 2 aromatic carbocycles. The number of carbonyl (C=O) groups excluding carboxylic acids is 1. The van der Waals surface area contributed by atoms with Gasteiger partial charge in [0, 0.05) is 15.4 Å². The lowest BCUT2D eigenvalue weighted by atomic mass is 10.1. The molecular formula is C20H20BrN3O. The Morgan fingerprint density at radius 2 is 1.92 bits per heavy atom. The van der Waals surface area contributed by atoms with E-state index in [2.05, 4.69) is 50.5 Å². The van der Waals surface area contributed by atoms with E-state index in [1.165, 1.54) is 5.56 Å². The van der Waals surface area contributed by atoms with Crippen molar-refractivity contribution in [3.05, 3.63) is 69.3 Å². The highest BCUT2D eigenvalue weighted by molar-refractivity contribution is 9.10. The normalized spacial score (nSPS) is 11.8. The third-order valence-electron chi connectivity index (χ3n) is 4.35. The zero-order chi connectivity index (χ0) is 18.0. The number of hydrogen-bond acceptors (Lipinski definition) is 2. The van der Waals surface area contributed by atoms with E-state index in [9.17, 15) is 4.79 Å². The molecule has 0 saturated carbocycles. The van der Waals surface area contributed by atoms with E-state index in [1.807, 2.05) is 44.2 Å². The summed E-state index contributed by atoms with van der Waals surface area (Å²) in [6, 6.07) is 14.1. The Balaban J connectivity index is 1.80. The number of hydrazone groups is 1. The monoisotopic (exact) mass is 397 g/mol. The van der Waals surface area contributed by atoms with Crippen LogP contribution in [0.2, 0.25) is 0 Å². The van der Waals surface area contributed by atoms with Gasteiger partial charge in [-0.3, -0.25) is 4.79 Å². The number of aromatic nitrogens is 1. The molecule has 5 heteroatoms. The van der Waals surface area contributed by atoms with Crippen LogP contribution >= 0.6 is 15.9 Å². The van der Waals surface area contributed by atoms with Crippen molar-refractivity contribution in [3.63, 3.8) is 0 Å². The van der Waals surface area contributed by atoms with Crippen molar-refractivity contribution in [1.29, 1.82) is 0 Å². The maximum Gasteiger partial charge on any atom is 0.288 e. The van der Waals surface area contributed by atoms with Crippen molar-refractivity contribution in [2.45, 2.75) is 27.2 Å². The molecule has 0 unspecified atom stereocenters. The molecule has 0 spiro atoms. The molecule has 1 heterocycles. The summed E-state index contributed by atoms with van der Waals surface area (Å²) < 4.78 is 0.985. The molecule has 1 amide bonds. The summed E-state index contributed by atoms with van der Waals surface area (Å²) in [7, 11) is 0. The Morgan fingerprint density at radius 3 is 2.60 bits per heavy atom. The van der Waals surface area contributed by atoms with Crippen molar-refractivity contribution in [1.82, 2.24) is 10.4 Å². The second kappa shape index (κ2) is 7.23. The molecule has 0 atom stereocenters. The molecule has 0 saturated heterocycles. The third-order valence-corrected chi connectivity index (χ3v) is 4.85. The van der Waals surface area contributed by atoms with Gasteiger partial charge in [-0.1, -0.05) is 47.1 Å². The fourth-order valence-corrected chi connectivity index (χ4v) is 3.12. The molecule has 1 aromatic heterocycles. The first-order chi connectivity index (χ1) is 12.0. The van der Waals surface area contributed by atoms with Gasteiger partial charge in [-0.05, 0) is 55.2 Å². The molecule has 4 nitrogen and oxygen atoms in total. The van der Waals surface area contributed by atoms with Crippen LogP contribution in [-0.4, -0.2) is 16.6 Å². The zero-order valence-corrected chi connectivity index (χ0v) is 16.1. The zero-order valence-electron chi connectivity index (χ0n) is 14.5. The summed E-state index contributed by atoms with van der Waals surface area (Å²) in [5.41, 5.74) is 8.07. The van der Waals surface area contributed by atoms with Crippen molar-refractivity contribution in [2.24, 2.45) is 5.10 Å². The molecule has 25 heavy (non-hydrogen) atoms. The van der Waals surface area contributed by atoms with Crippen molar-refractivity contribution in [2.75, 3.05) is 0 Å². The number of nitrogens with one attached hydrogen (secondary N) is 2. The van der Waals surface area contributed by atoms with Crippen LogP contribution in [0.1, 0.15) is 41.0 Å². The predicted octanol–water partition coefficient (Wildman–Crippen LogP) is 4.96. The Morgan fingerprint density at radius 1 is 1.20 bits per heavy atom. The van der Waals surface area contributed by atoms with Gasteiger partial charge in [0.15, 0.2) is 0 Å². The minimum atomic E-state index is -0.241. The average molecular weight is 398 g/mol. The second-order valence-electron chi connectivity index (χ2n) is 6.00. The van der Waals surface area contributed by atoms with Crippen LogP contribution < -0.4 is 5.43 Å². The molecule has 0 aliphatic carbocycles. The average Bonchev–Trinajstić information content (AvgIpc) is 2.96. The number of halogens is 1. The van der Waals surface area contributed by atoms with Gasteiger partial charge in [0.25, 0.3) is 5.91 Å². The number of rotatable bonds is 4. The molecular weight excluding hydrogens is 378 g/mol. The van der Waals surface area contributed by atoms with Crippen LogP contribution in [0.4, 0.5) is 0 Å². The van der Waals surface area contributed by atoms with Gasteiger partial charge in [0.2, 0.25) is 0 Å². The van der Waals surface area contributed by atoms with E-state index in [-0.39, 0.29) is 5.91 Å². The lowest BCUT2D eigenvalue weighted by Gasteiger charge is -2.04. The Labute approximate surface area is 155 Å². The number of amides is 1. The third kappa shape index (κ3) is 3.66. The SMILES string of the molecule is CCc1ccc(/C(C)=N/NC(=O)c2[nH]c3ccc(Br)cc3c2C)cc1. The molecule has 0 fully saturated rings. The molecule has 0 bridgehead atoms. The van der Waals surface area contributed by atoms with E-state index in [0.717, 1.165) is 38.6 Å². The summed E-state index contributed by atoms with van der Waals surface area (Å²) in [5.74, 6) is -0.241. The highest BCUT2D eigenvalue weighted by Gasteiger charge is 2.14. The minimum absolute atomic E-state index is 0.241. The number of aromatic amines is 1. The minimum Gasteiger partial charge on any atom is -0.350 e. The van der Waals surface area contributed by atoms with Gasteiger partial charge in [-0.2, -0.15) is 5.10 Å². The van der Waals surface area contributed by atoms with Crippen LogP contribution in [0, 0.1) is 6.92 Å². The summed E-state index contributed by atoms with van der Waals surface area (Å²) in [6.45, 7) is 5.94. The maximum absolute atomic E-state index is 12.5. The first-order valence-corrected chi connectivity index (χ1v) is 9.00. The lowest BCUT2D eigenvalue weighted by molar-refractivity contribution is 0.0950. The number of aryl methyl sites for hydroxylation is 2. The van der Waals surface area contributed by atoms with Crippen molar-refractivity contribution in [3.8, 4) is 0 Å². The smallest absolute Gasteiger partial charge is 0.288 e. The Kier molecular flexibility index (Phi) is 5.04. The summed E-state index contributed by atoms with van der Waals surface area (Å²) in [4.78, 5) is 15.7. The Hall–Kier alpha value is -2.40. The second-order valence-corrected chi connectivity index (χ2v) is 6.92. The van der Waals surface area contributed by atoms with E-state index in [0.29, 0.717) is 5.69 Å². The summed E-state index contributed by atoms with van der Waals surface area (Å²) in [5, 5.41) is 5.27. The lowest BCUT2D eigenvalue weighted by Crippen LogP contribution is -2.20. The number of carbonyl (C=O) groups is 1. The number of fused-ring (bicyclic) bond motifs is 1. The first-order valence-electron chi connectivity index (χ1n) is 8.21. The quantitative estimate of drug-likeness (QED) is 0.474. The first kappa shape index (κ1) is 17.4. The largest absolute Gasteiger partial charge is 0.350 e. The molecule has 0 aliphatic heterocycles. The van der Waals surface area contributed by atoms with Crippen LogP contribution in [0.15, 0.2) is 52.0 Å². The summed E-state index contributed by atoms with van der Waals surface area (Å²) >= 11 is 3.46. The standard InChI is InChI=1S/C20H20BrN3O/c1-4-14-5-7-15(8-6-14)13(3)23-24-20(25)19-12(2)17-11-16(21)9-10-18(17)22-19/h5-11,22H,4H2,1-3H3,(H,24,25)/b23-13+. The van der Waals surface area contributed by atoms with Crippen LogP contribution in [0.25, 0.3) is 10.9 Å². The molecule has 128 valence electrons. The number of nitrogens with zero attached hydrogens (tertiary/aromatic N) is 1. The van der Waals surface area contributed by atoms with Crippen LogP contribution in [0.3, 0.4) is 0 Å².